The Kier molecular flexibility index (Phi) is 7.81. The van der Waals surface area contributed by atoms with Crippen LogP contribution in [0.3, 0.4) is 0 Å². The molecule has 9 heteroatoms. The Morgan fingerprint density at radius 1 is 1.14 bits per heavy atom. The Labute approximate surface area is 210 Å². The molecule has 0 spiro atoms. The summed E-state index contributed by atoms with van der Waals surface area (Å²) in [5.74, 6) is 1.61. The number of tetrazole rings is 1. The van der Waals surface area contributed by atoms with Crippen LogP contribution in [-0.4, -0.2) is 55.5 Å². The number of nitrogens with one attached hydrogen (secondary N) is 1. The van der Waals surface area contributed by atoms with Gasteiger partial charge in [-0.1, -0.05) is 32.0 Å². The molecule has 4 aromatic rings. The van der Waals surface area contributed by atoms with E-state index in [1.54, 1.807) is 11.8 Å². The standard InChI is InChI=1S/C27H34N6O3/c1-17(2)25(26-29-30-31-33(26)15-20-6-8-22(36-5)9-7-20)32(10-11-34)16-21-14-23-19(4)12-18(3)13-24(23)28-27(21)35/h6-9,12-14,17,25,34H,10-11,15-16H2,1-5H3,(H,28,35)/t25-/m0/s1. The Morgan fingerprint density at radius 2 is 1.89 bits per heavy atom. The van der Waals surface area contributed by atoms with Gasteiger partial charge in [-0.05, 0) is 71.1 Å². The van der Waals surface area contributed by atoms with Crippen molar-refractivity contribution in [3.63, 3.8) is 0 Å². The maximum atomic E-state index is 13.0. The molecule has 1 atom stereocenters. The van der Waals surface area contributed by atoms with Crippen LogP contribution in [0.15, 0.2) is 47.3 Å². The molecule has 2 aromatic carbocycles. The minimum absolute atomic E-state index is 0.0486. The molecular formula is C27H34N6O3. The van der Waals surface area contributed by atoms with Crippen molar-refractivity contribution < 1.29 is 9.84 Å². The average molecular weight is 491 g/mol. The molecule has 0 unspecified atom stereocenters. The van der Waals surface area contributed by atoms with Crippen molar-refractivity contribution >= 4 is 10.9 Å². The van der Waals surface area contributed by atoms with Crippen molar-refractivity contribution in [2.24, 2.45) is 5.92 Å². The predicted octanol–water partition coefficient (Wildman–Crippen LogP) is 3.38. The molecule has 2 N–H and O–H groups in total. The lowest BCUT2D eigenvalue weighted by Gasteiger charge is -2.33. The van der Waals surface area contributed by atoms with E-state index in [0.29, 0.717) is 31.0 Å². The Hall–Kier alpha value is -3.56. The highest BCUT2D eigenvalue weighted by Gasteiger charge is 2.29. The fourth-order valence-corrected chi connectivity index (χ4v) is 4.82. The number of H-pyrrole nitrogens is 1. The summed E-state index contributed by atoms with van der Waals surface area (Å²) in [5.41, 5.74) is 4.60. The van der Waals surface area contributed by atoms with Crippen LogP contribution in [0.5, 0.6) is 5.75 Å². The Bertz CT molecular complexity index is 1380. The Morgan fingerprint density at radius 3 is 2.56 bits per heavy atom. The number of hydrogen-bond acceptors (Lipinski definition) is 7. The molecule has 0 saturated heterocycles. The molecule has 0 radical (unpaired) electrons. The van der Waals surface area contributed by atoms with Gasteiger partial charge in [-0.25, -0.2) is 4.68 Å². The lowest BCUT2D eigenvalue weighted by atomic mass is 9.99. The molecule has 0 saturated carbocycles. The van der Waals surface area contributed by atoms with Crippen LogP contribution in [0.4, 0.5) is 0 Å². The molecule has 0 aliphatic carbocycles. The topological polar surface area (TPSA) is 109 Å². The molecule has 0 amide bonds. The zero-order valence-corrected chi connectivity index (χ0v) is 21.5. The summed E-state index contributed by atoms with van der Waals surface area (Å²) in [6.07, 6.45) is 0. The van der Waals surface area contributed by atoms with Gasteiger partial charge < -0.3 is 14.8 Å². The van der Waals surface area contributed by atoms with Gasteiger partial charge in [-0.3, -0.25) is 9.69 Å². The normalized spacial score (nSPS) is 12.6. The summed E-state index contributed by atoms with van der Waals surface area (Å²) in [7, 11) is 1.64. The number of methoxy groups -OCH3 is 1. The zero-order valence-electron chi connectivity index (χ0n) is 21.5. The van der Waals surface area contributed by atoms with Gasteiger partial charge in [-0.2, -0.15) is 0 Å². The van der Waals surface area contributed by atoms with Gasteiger partial charge >= 0.3 is 0 Å². The minimum atomic E-state index is -0.209. The highest BCUT2D eigenvalue weighted by atomic mass is 16.5. The van der Waals surface area contributed by atoms with E-state index in [-0.39, 0.29) is 24.1 Å². The maximum absolute atomic E-state index is 13.0. The van der Waals surface area contributed by atoms with Crippen LogP contribution < -0.4 is 10.3 Å². The largest absolute Gasteiger partial charge is 0.497 e. The molecular weight excluding hydrogens is 456 g/mol. The quantitative estimate of drug-likeness (QED) is 0.351. The lowest BCUT2D eigenvalue weighted by molar-refractivity contribution is 0.106. The second-order valence-electron chi connectivity index (χ2n) is 9.59. The number of benzene rings is 2. The summed E-state index contributed by atoms with van der Waals surface area (Å²) < 4.78 is 7.04. The van der Waals surface area contributed by atoms with Crippen LogP contribution in [0.2, 0.25) is 0 Å². The summed E-state index contributed by atoms with van der Waals surface area (Å²) in [6, 6.07) is 13.6. The highest BCUT2D eigenvalue weighted by molar-refractivity contribution is 5.83. The summed E-state index contributed by atoms with van der Waals surface area (Å²) >= 11 is 0. The molecule has 0 bridgehead atoms. The van der Waals surface area contributed by atoms with Crippen LogP contribution >= 0.6 is 0 Å². The smallest absolute Gasteiger partial charge is 0.252 e. The van der Waals surface area contributed by atoms with Gasteiger partial charge in [-0.15, -0.1) is 5.10 Å². The predicted molar refractivity (Wildman–Crippen MR) is 139 cm³/mol. The van der Waals surface area contributed by atoms with Crippen molar-refractivity contribution in [2.45, 2.75) is 46.8 Å². The highest BCUT2D eigenvalue weighted by Crippen LogP contribution is 2.29. The average Bonchev–Trinajstić information content (AvgIpc) is 3.27. The third kappa shape index (κ3) is 5.47. The van der Waals surface area contributed by atoms with E-state index in [9.17, 15) is 9.90 Å². The number of rotatable bonds is 10. The van der Waals surface area contributed by atoms with E-state index < -0.39 is 0 Å². The Balaban J connectivity index is 1.68. The summed E-state index contributed by atoms with van der Waals surface area (Å²) in [5, 5.41) is 23.5. The van der Waals surface area contributed by atoms with E-state index in [1.165, 1.54) is 0 Å². The third-order valence-corrected chi connectivity index (χ3v) is 6.49. The van der Waals surface area contributed by atoms with Gasteiger partial charge in [0.05, 0.1) is 26.3 Å². The fourth-order valence-electron chi connectivity index (χ4n) is 4.82. The van der Waals surface area contributed by atoms with E-state index in [0.717, 1.165) is 33.3 Å². The molecule has 2 heterocycles. The molecule has 0 aliphatic heterocycles. The first-order chi connectivity index (χ1) is 17.3. The SMILES string of the molecule is COc1ccc(Cn2nnnc2[C@H](C(C)C)N(CCO)Cc2cc3c(C)cc(C)cc3[nH]c2=O)cc1. The van der Waals surface area contributed by atoms with Crippen molar-refractivity contribution in [1.29, 1.82) is 0 Å². The zero-order chi connectivity index (χ0) is 25.8. The van der Waals surface area contributed by atoms with Crippen LogP contribution in [-0.2, 0) is 13.1 Å². The van der Waals surface area contributed by atoms with E-state index in [2.05, 4.69) is 45.3 Å². The fraction of sp³-hybridized carbons (Fsp3) is 0.407. The van der Waals surface area contributed by atoms with E-state index >= 15 is 0 Å². The first kappa shape index (κ1) is 25.5. The summed E-state index contributed by atoms with van der Waals surface area (Å²) in [4.78, 5) is 18.2. The molecule has 190 valence electrons. The number of aromatic amines is 1. The van der Waals surface area contributed by atoms with Gasteiger partial charge in [0, 0.05) is 29.6 Å². The molecule has 0 fully saturated rings. The number of fused-ring (bicyclic) bond motifs is 1. The number of aliphatic hydroxyl groups excluding tert-OH is 1. The first-order valence-electron chi connectivity index (χ1n) is 12.2. The number of ether oxygens (including phenoxy) is 1. The van der Waals surface area contributed by atoms with Gasteiger partial charge in [0.2, 0.25) is 0 Å². The number of nitrogens with zero attached hydrogens (tertiary/aromatic N) is 5. The molecule has 4 rings (SSSR count). The number of aromatic nitrogens is 5. The van der Waals surface area contributed by atoms with Crippen LogP contribution in [0.25, 0.3) is 10.9 Å². The second kappa shape index (κ2) is 11.0. The van der Waals surface area contributed by atoms with Crippen LogP contribution in [0.1, 0.15) is 48.0 Å². The van der Waals surface area contributed by atoms with Crippen molar-refractivity contribution in [3.05, 3.63) is 80.9 Å². The molecule has 36 heavy (non-hydrogen) atoms. The monoisotopic (exact) mass is 490 g/mol. The maximum Gasteiger partial charge on any atom is 0.252 e. The van der Waals surface area contributed by atoms with Gasteiger partial charge in [0.15, 0.2) is 5.82 Å². The second-order valence-corrected chi connectivity index (χ2v) is 9.59. The third-order valence-electron chi connectivity index (χ3n) is 6.49. The van der Waals surface area contributed by atoms with Crippen molar-refractivity contribution in [2.75, 3.05) is 20.3 Å². The first-order valence-corrected chi connectivity index (χ1v) is 12.2. The number of aryl methyl sites for hydroxylation is 2. The van der Waals surface area contributed by atoms with Gasteiger partial charge in [0.1, 0.15) is 5.75 Å². The molecule has 9 nitrogen and oxygen atoms in total. The number of pyridine rings is 1. The summed E-state index contributed by atoms with van der Waals surface area (Å²) in [6.45, 7) is 9.45. The molecule has 2 aromatic heterocycles. The molecule has 0 aliphatic rings. The number of aliphatic hydroxyl groups is 1. The minimum Gasteiger partial charge on any atom is -0.497 e. The lowest BCUT2D eigenvalue weighted by Crippen LogP contribution is -2.37. The van der Waals surface area contributed by atoms with Crippen molar-refractivity contribution in [1.82, 2.24) is 30.1 Å². The van der Waals surface area contributed by atoms with E-state index in [1.807, 2.05) is 50.2 Å². The van der Waals surface area contributed by atoms with Crippen molar-refractivity contribution in [3.8, 4) is 5.75 Å². The van der Waals surface area contributed by atoms with Gasteiger partial charge in [0.25, 0.3) is 5.56 Å². The number of hydrogen-bond donors (Lipinski definition) is 2. The van der Waals surface area contributed by atoms with Crippen LogP contribution in [0, 0.1) is 19.8 Å². The van der Waals surface area contributed by atoms with E-state index in [4.69, 9.17) is 4.74 Å².